The van der Waals surface area contributed by atoms with Crippen molar-refractivity contribution in [2.24, 2.45) is 0 Å². The molecule has 1 aromatic heterocycles. The summed E-state index contributed by atoms with van der Waals surface area (Å²) in [7, 11) is 0. The molecule has 4 nitrogen and oxygen atoms in total. The first-order valence-electron chi connectivity index (χ1n) is 5.81. The Morgan fingerprint density at radius 2 is 1.79 bits per heavy atom. The second-order valence-electron chi connectivity index (χ2n) is 4.13. The van der Waals surface area contributed by atoms with E-state index in [1.165, 1.54) is 0 Å². The number of aliphatic carboxylic acids is 1. The van der Waals surface area contributed by atoms with Gasteiger partial charge in [0.05, 0.1) is 0 Å². The first-order valence-corrected chi connectivity index (χ1v) is 5.81. The van der Waals surface area contributed by atoms with Crippen LogP contribution in [0.5, 0.6) is 5.75 Å². The van der Waals surface area contributed by atoms with Crippen LogP contribution in [0.15, 0.2) is 48.8 Å². The highest BCUT2D eigenvalue weighted by Gasteiger charge is 2.05. The van der Waals surface area contributed by atoms with Gasteiger partial charge >= 0.3 is 5.97 Å². The van der Waals surface area contributed by atoms with Gasteiger partial charge in [-0.05, 0) is 23.3 Å². The third-order valence-electron chi connectivity index (χ3n) is 2.57. The average Bonchev–Trinajstić information content (AvgIpc) is 2.37. The molecule has 0 unspecified atom stereocenters. The van der Waals surface area contributed by atoms with Crippen molar-refractivity contribution in [3.8, 4) is 5.75 Å². The molecule has 2 N–H and O–H groups in total. The molecule has 1 aromatic carbocycles. The Morgan fingerprint density at radius 1 is 1.11 bits per heavy atom. The third kappa shape index (κ3) is 3.96. The maximum absolute atomic E-state index is 10.5. The third-order valence-corrected chi connectivity index (χ3v) is 2.57. The molecule has 0 saturated carbocycles. The molecular formula is C15H14NO3+. The minimum absolute atomic E-state index is 0.0451. The molecule has 0 atom stereocenters. The van der Waals surface area contributed by atoms with Crippen molar-refractivity contribution in [2.45, 2.75) is 6.54 Å². The van der Waals surface area contributed by atoms with E-state index >= 15 is 0 Å². The lowest BCUT2D eigenvalue weighted by Crippen LogP contribution is -2.36. The molecule has 4 heteroatoms. The second kappa shape index (κ2) is 5.82. The minimum Gasteiger partial charge on any atom is -0.508 e. The largest absolute Gasteiger partial charge is 0.508 e. The first-order chi connectivity index (χ1) is 9.13. The van der Waals surface area contributed by atoms with E-state index in [0.29, 0.717) is 0 Å². The van der Waals surface area contributed by atoms with Gasteiger partial charge in [0.15, 0.2) is 12.4 Å². The molecule has 0 radical (unpaired) electrons. The standard InChI is InChI=1S/C15H13NO3/c17-14-3-1-2-13(10-14)5-4-12-6-8-16(9-7-12)11-15(18)19/h1-10H,11H2,(H-,17,18,19)/p+1/b5-4+. The monoisotopic (exact) mass is 256 g/mol. The number of benzene rings is 1. The highest BCUT2D eigenvalue weighted by molar-refractivity contribution is 5.69. The van der Waals surface area contributed by atoms with Gasteiger partial charge < -0.3 is 10.2 Å². The summed E-state index contributed by atoms with van der Waals surface area (Å²) in [5, 5.41) is 18.0. The quantitative estimate of drug-likeness (QED) is 0.822. The normalized spacial score (nSPS) is 10.7. The zero-order valence-corrected chi connectivity index (χ0v) is 10.2. The first kappa shape index (κ1) is 12.8. The van der Waals surface area contributed by atoms with Gasteiger partial charge in [0, 0.05) is 12.1 Å². The van der Waals surface area contributed by atoms with E-state index in [-0.39, 0.29) is 12.3 Å². The van der Waals surface area contributed by atoms with Crippen LogP contribution >= 0.6 is 0 Å². The molecule has 2 aromatic rings. The number of rotatable bonds is 4. The van der Waals surface area contributed by atoms with Crippen molar-refractivity contribution in [1.29, 1.82) is 0 Å². The van der Waals surface area contributed by atoms with Gasteiger partial charge in [-0.2, -0.15) is 4.57 Å². The lowest BCUT2D eigenvalue weighted by atomic mass is 10.1. The molecule has 0 spiro atoms. The van der Waals surface area contributed by atoms with Gasteiger partial charge in [-0.1, -0.05) is 24.3 Å². The van der Waals surface area contributed by atoms with Crippen LogP contribution in [-0.2, 0) is 11.3 Å². The van der Waals surface area contributed by atoms with Crippen molar-refractivity contribution in [3.05, 3.63) is 59.9 Å². The second-order valence-corrected chi connectivity index (χ2v) is 4.13. The van der Waals surface area contributed by atoms with E-state index in [1.807, 2.05) is 30.4 Å². The van der Waals surface area contributed by atoms with Crippen LogP contribution in [0.4, 0.5) is 0 Å². The van der Waals surface area contributed by atoms with Crippen molar-refractivity contribution >= 4 is 18.1 Å². The average molecular weight is 256 g/mol. The van der Waals surface area contributed by atoms with Crippen LogP contribution in [0.3, 0.4) is 0 Å². The topological polar surface area (TPSA) is 61.4 Å². The number of phenols is 1. The SMILES string of the molecule is O=C(O)C[n+]1ccc(/C=C/c2cccc(O)c2)cc1. The Hall–Kier alpha value is -2.62. The number of aromatic hydroxyl groups is 1. The fraction of sp³-hybridized carbons (Fsp3) is 0.0667. The molecule has 96 valence electrons. The Balaban J connectivity index is 2.09. The summed E-state index contributed by atoms with van der Waals surface area (Å²) in [6, 6.07) is 10.6. The number of phenolic OH excluding ortho intramolecular Hbond substituents is 1. The summed E-state index contributed by atoms with van der Waals surface area (Å²) in [5.41, 5.74) is 1.87. The molecule has 0 bridgehead atoms. The van der Waals surface area contributed by atoms with Crippen LogP contribution in [0.25, 0.3) is 12.2 Å². The van der Waals surface area contributed by atoms with Gasteiger partial charge in [-0.3, -0.25) is 0 Å². The highest BCUT2D eigenvalue weighted by Crippen LogP contribution is 2.13. The van der Waals surface area contributed by atoms with Crippen molar-refractivity contribution < 1.29 is 19.6 Å². The Bertz CT molecular complexity index is 603. The summed E-state index contributed by atoms with van der Waals surface area (Å²) >= 11 is 0. The van der Waals surface area contributed by atoms with Crippen LogP contribution < -0.4 is 4.57 Å². The van der Waals surface area contributed by atoms with Crippen molar-refractivity contribution in [1.82, 2.24) is 0 Å². The molecule has 0 amide bonds. The molecule has 2 rings (SSSR count). The lowest BCUT2D eigenvalue weighted by molar-refractivity contribution is -0.685. The molecule has 19 heavy (non-hydrogen) atoms. The van der Waals surface area contributed by atoms with Crippen LogP contribution in [0.1, 0.15) is 11.1 Å². The van der Waals surface area contributed by atoms with Crippen LogP contribution in [0.2, 0.25) is 0 Å². The number of carboxylic acids is 1. The number of carboxylic acid groups (broad SMARTS) is 1. The maximum atomic E-state index is 10.5. The molecular weight excluding hydrogens is 242 g/mol. The molecule has 0 aliphatic carbocycles. The van der Waals surface area contributed by atoms with Crippen LogP contribution in [0, 0.1) is 0 Å². The lowest BCUT2D eigenvalue weighted by Gasteiger charge is -1.96. The van der Waals surface area contributed by atoms with E-state index in [4.69, 9.17) is 5.11 Å². The maximum Gasteiger partial charge on any atom is 0.370 e. The van der Waals surface area contributed by atoms with E-state index in [9.17, 15) is 9.90 Å². The molecule has 0 aliphatic heterocycles. The Labute approximate surface area is 110 Å². The molecule has 0 fully saturated rings. The van der Waals surface area contributed by atoms with Crippen molar-refractivity contribution in [3.63, 3.8) is 0 Å². The highest BCUT2D eigenvalue weighted by atomic mass is 16.4. The van der Waals surface area contributed by atoms with Gasteiger partial charge in [0.25, 0.3) is 0 Å². The molecule has 0 saturated heterocycles. The van der Waals surface area contributed by atoms with Gasteiger partial charge in [-0.25, -0.2) is 4.79 Å². The number of pyridine rings is 1. The van der Waals surface area contributed by atoms with E-state index < -0.39 is 5.97 Å². The summed E-state index contributed by atoms with van der Waals surface area (Å²) in [5.74, 6) is -0.637. The Morgan fingerprint density at radius 3 is 2.42 bits per heavy atom. The number of hydrogen-bond donors (Lipinski definition) is 2. The predicted octanol–water partition coefficient (Wildman–Crippen LogP) is 1.93. The minimum atomic E-state index is -0.868. The fourth-order valence-electron chi connectivity index (χ4n) is 1.66. The van der Waals surface area contributed by atoms with E-state index in [0.717, 1.165) is 11.1 Å². The van der Waals surface area contributed by atoms with Gasteiger partial charge in [0.2, 0.25) is 6.54 Å². The number of nitrogens with zero attached hydrogens (tertiary/aromatic N) is 1. The number of aromatic nitrogens is 1. The molecule has 0 aliphatic rings. The van der Waals surface area contributed by atoms with Gasteiger partial charge in [-0.15, -0.1) is 0 Å². The Kier molecular flexibility index (Phi) is 3.93. The summed E-state index contributed by atoms with van der Waals surface area (Å²) in [4.78, 5) is 10.5. The fourth-order valence-corrected chi connectivity index (χ4v) is 1.66. The summed E-state index contributed by atoms with van der Waals surface area (Å²) < 4.78 is 1.59. The van der Waals surface area contributed by atoms with Crippen LogP contribution in [-0.4, -0.2) is 16.2 Å². The smallest absolute Gasteiger partial charge is 0.370 e. The number of carbonyl (C=O) groups is 1. The van der Waals surface area contributed by atoms with E-state index in [1.54, 1.807) is 35.2 Å². The molecule has 1 heterocycles. The van der Waals surface area contributed by atoms with E-state index in [2.05, 4.69) is 0 Å². The zero-order chi connectivity index (χ0) is 13.7. The predicted molar refractivity (Wildman–Crippen MR) is 71.3 cm³/mol. The summed E-state index contributed by atoms with van der Waals surface area (Å²) in [6.45, 7) is -0.0451. The zero-order valence-electron chi connectivity index (χ0n) is 10.2. The van der Waals surface area contributed by atoms with Crippen molar-refractivity contribution in [2.75, 3.05) is 0 Å². The van der Waals surface area contributed by atoms with Gasteiger partial charge in [0.1, 0.15) is 5.75 Å². The number of hydrogen-bond acceptors (Lipinski definition) is 2. The summed E-state index contributed by atoms with van der Waals surface area (Å²) in [6.07, 6.45) is 7.23.